The van der Waals surface area contributed by atoms with Crippen LogP contribution in [0.3, 0.4) is 0 Å². The number of carbonyl (C=O) groups excluding carboxylic acids is 1. The molecule has 2 N–H and O–H groups in total. The molecule has 11 heteroatoms. The number of rotatable bonds is 4. The molecular weight excluding hydrogens is 510 g/mol. The maximum Gasteiger partial charge on any atom is 0.263 e. The van der Waals surface area contributed by atoms with E-state index in [4.69, 9.17) is 11.6 Å². The SMILES string of the molecule is Cc1cc(NC(=O)c2cc(Br)ccc2Cl)n(-c2nc3c(cnn3-c3ccccc3)c(=O)[nH]2)n1. The Hall–Kier alpha value is -3.76. The third kappa shape index (κ3) is 3.94. The largest absolute Gasteiger partial charge is 0.306 e. The van der Waals surface area contributed by atoms with Crippen molar-refractivity contribution in [1.29, 1.82) is 0 Å². The van der Waals surface area contributed by atoms with E-state index in [1.807, 2.05) is 30.3 Å². The minimum atomic E-state index is -0.430. The maximum absolute atomic E-state index is 12.9. The second-order valence-electron chi connectivity index (χ2n) is 7.18. The van der Waals surface area contributed by atoms with Crippen molar-refractivity contribution in [2.24, 2.45) is 0 Å². The van der Waals surface area contributed by atoms with Crippen molar-refractivity contribution >= 4 is 50.3 Å². The van der Waals surface area contributed by atoms with Gasteiger partial charge in [-0.2, -0.15) is 19.9 Å². The van der Waals surface area contributed by atoms with Crippen molar-refractivity contribution in [3.8, 4) is 11.6 Å². The Morgan fingerprint density at radius 3 is 2.70 bits per heavy atom. The number of fused-ring (bicyclic) bond motifs is 1. The molecule has 9 nitrogen and oxygen atoms in total. The molecule has 0 bridgehead atoms. The number of halogens is 2. The zero-order chi connectivity index (χ0) is 23.1. The number of para-hydroxylation sites is 1. The van der Waals surface area contributed by atoms with Crippen molar-refractivity contribution in [3.63, 3.8) is 0 Å². The van der Waals surface area contributed by atoms with Crippen LogP contribution in [-0.2, 0) is 0 Å². The molecule has 0 aliphatic heterocycles. The highest BCUT2D eigenvalue weighted by Crippen LogP contribution is 2.23. The molecule has 0 unspecified atom stereocenters. The quantitative estimate of drug-likeness (QED) is 0.365. The Balaban J connectivity index is 1.59. The van der Waals surface area contributed by atoms with Gasteiger partial charge in [-0.3, -0.25) is 14.6 Å². The number of aromatic amines is 1. The lowest BCUT2D eigenvalue weighted by molar-refractivity contribution is 0.102. The molecule has 1 amide bonds. The molecule has 164 valence electrons. The van der Waals surface area contributed by atoms with Gasteiger partial charge in [0.15, 0.2) is 5.65 Å². The Morgan fingerprint density at radius 2 is 1.91 bits per heavy atom. The molecule has 0 fully saturated rings. The van der Waals surface area contributed by atoms with E-state index in [0.29, 0.717) is 32.0 Å². The number of H-pyrrole nitrogens is 1. The highest BCUT2D eigenvalue weighted by Gasteiger charge is 2.18. The molecule has 2 aromatic carbocycles. The van der Waals surface area contributed by atoms with Crippen LogP contribution in [0.15, 0.2) is 70.1 Å². The first-order chi connectivity index (χ1) is 15.9. The summed E-state index contributed by atoms with van der Waals surface area (Å²) < 4.78 is 3.65. The summed E-state index contributed by atoms with van der Waals surface area (Å²) in [5, 5.41) is 12.1. The number of hydrogen-bond donors (Lipinski definition) is 2. The normalized spacial score (nSPS) is 11.1. The summed E-state index contributed by atoms with van der Waals surface area (Å²) >= 11 is 9.54. The molecule has 3 aromatic heterocycles. The van der Waals surface area contributed by atoms with E-state index in [9.17, 15) is 9.59 Å². The van der Waals surface area contributed by atoms with Crippen LogP contribution in [0.1, 0.15) is 16.1 Å². The predicted molar refractivity (Wildman–Crippen MR) is 128 cm³/mol. The number of aromatic nitrogens is 6. The number of aryl methyl sites for hydroxylation is 1. The van der Waals surface area contributed by atoms with Crippen molar-refractivity contribution in [2.75, 3.05) is 5.32 Å². The summed E-state index contributed by atoms with van der Waals surface area (Å²) in [6.07, 6.45) is 1.46. The van der Waals surface area contributed by atoms with Gasteiger partial charge in [0, 0.05) is 10.5 Å². The van der Waals surface area contributed by atoms with Crippen LogP contribution >= 0.6 is 27.5 Å². The first-order valence-corrected chi connectivity index (χ1v) is 10.9. The smallest absolute Gasteiger partial charge is 0.263 e. The lowest BCUT2D eigenvalue weighted by atomic mass is 10.2. The molecule has 0 radical (unpaired) electrons. The second kappa shape index (κ2) is 8.30. The Kier molecular flexibility index (Phi) is 5.31. The van der Waals surface area contributed by atoms with Crippen LogP contribution in [0.4, 0.5) is 5.82 Å². The summed E-state index contributed by atoms with van der Waals surface area (Å²) in [5.41, 5.74) is 1.64. The van der Waals surface area contributed by atoms with Crippen molar-refractivity contribution in [3.05, 3.63) is 91.9 Å². The van der Waals surface area contributed by atoms with Gasteiger partial charge in [-0.25, -0.2) is 4.68 Å². The number of carbonyl (C=O) groups is 1. The minimum absolute atomic E-state index is 0.133. The van der Waals surface area contributed by atoms with Crippen LogP contribution in [-0.4, -0.2) is 35.4 Å². The molecule has 0 aliphatic carbocycles. The van der Waals surface area contributed by atoms with Crippen LogP contribution in [0.2, 0.25) is 5.02 Å². The van der Waals surface area contributed by atoms with Gasteiger partial charge in [0.25, 0.3) is 11.5 Å². The molecule has 0 spiro atoms. The van der Waals surface area contributed by atoms with Gasteiger partial charge >= 0.3 is 0 Å². The third-order valence-electron chi connectivity index (χ3n) is 4.87. The van der Waals surface area contributed by atoms with Crippen LogP contribution < -0.4 is 10.9 Å². The fourth-order valence-corrected chi connectivity index (χ4v) is 3.93. The maximum atomic E-state index is 12.9. The van der Waals surface area contributed by atoms with Crippen molar-refractivity contribution in [1.82, 2.24) is 29.5 Å². The number of nitrogens with zero attached hydrogens (tertiary/aromatic N) is 5. The monoisotopic (exact) mass is 523 g/mol. The number of anilines is 1. The number of amides is 1. The van der Waals surface area contributed by atoms with Gasteiger partial charge in [0.2, 0.25) is 5.95 Å². The first-order valence-electron chi connectivity index (χ1n) is 9.77. The number of nitrogens with one attached hydrogen (secondary N) is 2. The van der Waals surface area contributed by atoms with Crippen LogP contribution in [0.5, 0.6) is 0 Å². The van der Waals surface area contributed by atoms with E-state index < -0.39 is 5.91 Å². The van der Waals surface area contributed by atoms with Gasteiger partial charge in [-0.05, 0) is 37.3 Å². The summed E-state index contributed by atoms with van der Waals surface area (Å²) in [6.45, 7) is 1.77. The Bertz CT molecular complexity index is 1570. The van der Waals surface area contributed by atoms with Crippen molar-refractivity contribution in [2.45, 2.75) is 6.92 Å². The summed E-state index contributed by atoms with van der Waals surface area (Å²) in [7, 11) is 0. The summed E-state index contributed by atoms with van der Waals surface area (Å²) in [4.78, 5) is 33.0. The standard InChI is InChI=1S/C22H15BrClN7O2/c1-12-9-18(26-20(32)15-10-13(23)7-8-17(15)24)31(29-12)22-27-19-16(21(33)28-22)11-25-30(19)14-5-3-2-4-6-14/h2-11H,1H3,(H,26,32)(H,27,28,33). The second-order valence-corrected chi connectivity index (χ2v) is 8.50. The fraction of sp³-hybridized carbons (Fsp3) is 0.0455. The number of benzene rings is 2. The molecule has 5 rings (SSSR count). The topological polar surface area (TPSA) is 110 Å². The van der Waals surface area contributed by atoms with E-state index in [1.54, 1.807) is 35.9 Å². The molecule has 5 aromatic rings. The average molecular weight is 525 g/mol. The van der Waals surface area contributed by atoms with Crippen LogP contribution in [0.25, 0.3) is 22.7 Å². The van der Waals surface area contributed by atoms with E-state index in [0.717, 1.165) is 5.69 Å². The van der Waals surface area contributed by atoms with Gasteiger partial charge in [-0.1, -0.05) is 45.7 Å². The minimum Gasteiger partial charge on any atom is -0.306 e. The summed E-state index contributed by atoms with van der Waals surface area (Å²) in [5.74, 6) is 0.0240. The highest BCUT2D eigenvalue weighted by atomic mass is 79.9. The molecule has 0 saturated heterocycles. The lowest BCUT2D eigenvalue weighted by Gasteiger charge is -2.10. The Morgan fingerprint density at radius 1 is 1.12 bits per heavy atom. The highest BCUT2D eigenvalue weighted by molar-refractivity contribution is 9.10. The first kappa shape index (κ1) is 21.1. The lowest BCUT2D eigenvalue weighted by Crippen LogP contribution is -2.19. The van der Waals surface area contributed by atoms with Gasteiger partial charge in [0.05, 0.1) is 28.2 Å². The Labute approximate surface area is 200 Å². The van der Waals surface area contributed by atoms with E-state index in [2.05, 4.69) is 41.4 Å². The average Bonchev–Trinajstić information content (AvgIpc) is 3.39. The molecular formula is C22H15BrClN7O2. The van der Waals surface area contributed by atoms with E-state index in [1.165, 1.54) is 10.9 Å². The van der Waals surface area contributed by atoms with Gasteiger partial charge in [0.1, 0.15) is 11.2 Å². The number of hydrogen-bond acceptors (Lipinski definition) is 5. The fourth-order valence-electron chi connectivity index (χ4n) is 3.37. The molecule has 0 saturated carbocycles. The van der Waals surface area contributed by atoms with Gasteiger partial charge in [-0.15, -0.1) is 0 Å². The molecule has 0 aliphatic rings. The van der Waals surface area contributed by atoms with Gasteiger partial charge < -0.3 is 5.32 Å². The third-order valence-corrected chi connectivity index (χ3v) is 5.70. The molecule has 0 atom stereocenters. The van der Waals surface area contributed by atoms with Crippen molar-refractivity contribution < 1.29 is 4.79 Å². The zero-order valence-corrected chi connectivity index (χ0v) is 19.4. The summed E-state index contributed by atoms with van der Waals surface area (Å²) in [6, 6.07) is 16.0. The molecule has 33 heavy (non-hydrogen) atoms. The van der Waals surface area contributed by atoms with E-state index in [-0.39, 0.29) is 17.1 Å². The predicted octanol–water partition coefficient (Wildman–Crippen LogP) is 4.27. The zero-order valence-electron chi connectivity index (χ0n) is 17.1. The van der Waals surface area contributed by atoms with E-state index >= 15 is 0 Å². The molecule has 3 heterocycles. The van der Waals surface area contributed by atoms with Crippen LogP contribution in [0, 0.1) is 6.92 Å².